The lowest BCUT2D eigenvalue weighted by molar-refractivity contribution is -0.154. The second-order valence-electron chi connectivity index (χ2n) is 6.15. The molecule has 2 aromatic carbocycles. The molecule has 7 heteroatoms. The third-order valence-electron chi connectivity index (χ3n) is 4.16. The van der Waals surface area contributed by atoms with Crippen molar-refractivity contribution in [2.24, 2.45) is 0 Å². The Bertz CT molecular complexity index is 824. The normalized spacial score (nSPS) is 17.3. The summed E-state index contributed by atoms with van der Waals surface area (Å²) in [4.78, 5) is 26.2. The Morgan fingerprint density at radius 3 is 2.65 bits per heavy atom. The minimum atomic E-state index is -0.901. The maximum absolute atomic E-state index is 13.8. The molecule has 0 unspecified atom stereocenters. The second-order valence-corrected chi connectivity index (χ2v) is 6.15. The molecule has 1 atom stereocenters. The molecule has 0 spiro atoms. The summed E-state index contributed by atoms with van der Waals surface area (Å²) in [6.07, 6.45) is 0. The zero-order valence-electron chi connectivity index (χ0n) is 14.2. The number of carbonyl (C=O) groups excluding carboxylic acids is 2. The van der Waals surface area contributed by atoms with Gasteiger partial charge in [-0.2, -0.15) is 0 Å². The van der Waals surface area contributed by atoms with Crippen LogP contribution in [0.5, 0.6) is 0 Å². The van der Waals surface area contributed by atoms with Crippen molar-refractivity contribution in [2.75, 3.05) is 18.5 Å². The molecule has 0 radical (unpaired) electrons. The molecule has 0 saturated carbocycles. The highest BCUT2D eigenvalue weighted by molar-refractivity contribution is 5.98. The lowest BCUT2D eigenvalue weighted by Gasteiger charge is -2.34. The van der Waals surface area contributed by atoms with Gasteiger partial charge in [0, 0.05) is 12.6 Å². The fraction of sp³-hybridized carbons (Fsp3) is 0.263. The predicted octanol–water partition coefficient (Wildman–Crippen LogP) is 2.64. The average molecular weight is 360 g/mol. The van der Waals surface area contributed by atoms with Gasteiger partial charge in [0.15, 0.2) is 0 Å². The van der Waals surface area contributed by atoms with Crippen LogP contribution in [-0.4, -0.2) is 36.0 Å². The summed E-state index contributed by atoms with van der Waals surface area (Å²) in [7, 11) is 0. The van der Waals surface area contributed by atoms with Gasteiger partial charge in [-0.3, -0.25) is 9.59 Å². The number of hydrogen-bond donors (Lipinski definition) is 1. The fourth-order valence-corrected chi connectivity index (χ4v) is 2.72. The van der Waals surface area contributed by atoms with Gasteiger partial charge >= 0.3 is 0 Å². The van der Waals surface area contributed by atoms with E-state index in [1.54, 1.807) is 0 Å². The number of halogens is 2. The Kier molecular flexibility index (Phi) is 5.27. The highest BCUT2D eigenvalue weighted by Gasteiger charge is 2.34. The summed E-state index contributed by atoms with van der Waals surface area (Å²) < 4.78 is 32.0. The smallest absolute Gasteiger partial charge is 0.249 e. The first kappa shape index (κ1) is 18.0. The van der Waals surface area contributed by atoms with Crippen molar-refractivity contribution in [1.82, 2.24) is 4.90 Å². The maximum Gasteiger partial charge on any atom is 0.249 e. The van der Waals surface area contributed by atoms with Crippen molar-refractivity contribution in [3.63, 3.8) is 0 Å². The van der Waals surface area contributed by atoms with Crippen molar-refractivity contribution < 1.29 is 23.1 Å². The van der Waals surface area contributed by atoms with Gasteiger partial charge in [0.05, 0.1) is 12.3 Å². The quantitative estimate of drug-likeness (QED) is 0.912. The van der Waals surface area contributed by atoms with Crippen LogP contribution in [0.1, 0.15) is 11.1 Å². The molecule has 136 valence electrons. The van der Waals surface area contributed by atoms with Gasteiger partial charge in [-0.1, -0.05) is 29.8 Å². The summed E-state index contributed by atoms with van der Waals surface area (Å²) in [6, 6.07) is 9.57. The van der Waals surface area contributed by atoms with Gasteiger partial charge in [-0.25, -0.2) is 8.78 Å². The van der Waals surface area contributed by atoms with Crippen molar-refractivity contribution >= 4 is 17.5 Å². The number of nitrogens with one attached hydrogen (secondary N) is 1. The van der Waals surface area contributed by atoms with Crippen LogP contribution in [0.25, 0.3) is 0 Å². The van der Waals surface area contributed by atoms with E-state index in [2.05, 4.69) is 5.32 Å². The predicted molar refractivity (Wildman–Crippen MR) is 91.3 cm³/mol. The van der Waals surface area contributed by atoms with Gasteiger partial charge in [0.1, 0.15) is 24.3 Å². The van der Waals surface area contributed by atoms with Crippen molar-refractivity contribution in [3.05, 3.63) is 65.2 Å². The zero-order chi connectivity index (χ0) is 18.7. The summed E-state index contributed by atoms with van der Waals surface area (Å²) in [6.45, 7) is 2.09. The molecule has 1 saturated heterocycles. The molecule has 0 aromatic heterocycles. The molecule has 5 nitrogen and oxygen atoms in total. The number of hydrogen-bond acceptors (Lipinski definition) is 3. The van der Waals surface area contributed by atoms with Crippen LogP contribution in [0.15, 0.2) is 42.5 Å². The molecule has 1 fully saturated rings. The molecule has 1 aliphatic heterocycles. The van der Waals surface area contributed by atoms with Gasteiger partial charge in [-0.15, -0.1) is 0 Å². The summed E-state index contributed by atoms with van der Waals surface area (Å²) >= 11 is 0. The van der Waals surface area contributed by atoms with Gasteiger partial charge in [0.25, 0.3) is 0 Å². The Balaban J connectivity index is 1.77. The topological polar surface area (TPSA) is 58.6 Å². The first-order chi connectivity index (χ1) is 12.4. The van der Waals surface area contributed by atoms with Gasteiger partial charge in [0.2, 0.25) is 11.8 Å². The molecule has 0 aliphatic carbocycles. The number of amides is 2. The molecular weight excluding hydrogens is 342 g/mol. The third kappa shape index (κ3) is 4.05. The summed E-state index contributed by atoms with van der Waals surface area (Å²) in [5.74, 6) is -2.53. The highest BCUT2D eigenvalue weighted by atomic mass is 19.1. The standard InChI is InChI=1S/C19H18F2N2O3/c1-12-2-4-13(5-3-12)9-23-17(10-26-11-18(23)24)19(25)22-16-7-6-14(20)8-15(16)21/h2-8,17H,9-11H2,1H3,(H,22,25)/t17-/m0/s1. The van der Waals surface area contributed by atoms with Crippen LogP contribution in [0.2, 0.25) is 0 Å². The van der Waals surface area contributed by atoms with Crippen LogP contribution >= 0.6 is 0 Å². The number of aryl methyl sites for hydroxylation is 1. The first-order valence-corrected chi connectivity index (χ1v) is 8.13. The minimum absolute atomic E-state index is 0.00620. The lowest BCUT2D eigenvalue weighted by Crippen LogP contribution is -2.54. The first-order valence-electron chi connectivity index (χ1n) is 8.13. The Morgan fingerprint density at radius 1 is 1.23 bits per heavy atom. The largest absolute Gasteiger partial charge is 0.369 e. The molecule has 1 N–H and O–H groups in total. The van der Waals surface area contributed by atoms with E-state index in [9.17, 15) is 18.4 Å². The number of morpholine rings is 1. The van der Waals surface area contributed by atoms with Crippen LogP contribution in [-0.2, 0) is 20.9 Å². The summed E-state index contributed by atoms with van der Waals surface area (Å²) in [5.41, 5.74) is 1.81. The molecular formula is C19H18F2N2O3. The van der Waals surface area contributed by atoms with Crippen LogP contribution in [0, 0.1) is 18.6 Å². The summed E-state index contributed by atoms with van der Waals surface area (Å²) in [5, 5.41) is 2.40. The zero-order valence-corrected chi connectivity index (χ0v) is 14.2. The number of anilines is 1. The van der Waals surface area contributed by atoms with E-state index in [1.165, 1.54) is 4.90 Å². The number of rotatable bonds is 4. The van der Waals surface area contributed by atoms with Crippen molar-refractivity contribution in [2.45, 2.75) is 19.5 Å². The van der Waals surface area contributed by atoms with Crippen molar-refractivity contribution in [1.29, 1.82) is 0 Å². The van der Waals surface area contributed by atoms with E-state index in [-0.39, 0.29) is 31.4 Å². The molecule has 2 aromatic rings. The lowest BCUT2D eigenvalue weighted by atomic mass is 10.1. The molecule has 1 aliphatic rings. The maximum atomic E-state index is 13.8. The Labute approximate surface area is 149 Å². The van der Waals surface area contributed by atoms with Crippen LogP contribution in [0.3, 0.4) is 0 Å². The van der Waals surface area contributed by atoms with E-state index < -0.39 is 23.6 Å². The molecule has 2 amide bonds. The van der Waals surface area contributed by atoms with E-state index in [0.717, 1.165) is 23.3 Å². The Hall–Kier alpha value is -2.80. The number of benzene rings is 2. The average Bonchev–Trinajstić information content (AvgIpc) is 2.61. The highest BCUT2D eigenvalue weighted by Crippen LogP contribution is 2.19. The molecule has 26 heavy (non-hydrogen) atoms. The van der Waals surface area contributed by atoms with E-state index >= 15 is 0 Å². The number of carbonyl (C=O) groups is 2. The number of nitrogens with zero attached hydrogens (tertiary/aromatic N) is 1. The monoisotopic (exact) mass is 360 g/mol. The second kappa shape index (κ2) is 7.61. The molecule has 1 heterocycles. The van der Waals surface area contributed by atoms with Gasteiger partial charge in [-0.05, 0) is 24.6 Å². The fourth-order valence-electron chi connectivity index (χ4n) is 2.72. The van der Waals surface area contributed by atoms with E-state index in [4.69, 9.17) is 4.74 Å². The SMILES string of the molecule is Cc1ccc(CN2C(=O)COC[C@H]2C(=O)Nc2ccc(F)cc2F)cc1. The van der Waals surface area contributed by atoms with Gasteiger partial charge < -0.3 is 15.0 Å². The van der Waals surface area contributed by atoms with Crippen LogP contribution in [0.4, 0.5) is 14.5 Å². The van der Waals surface area contributed by atoms with Crippen LogP contribution < -0.4 is 5.32 Å². The molecule has 3 rings (SSSR count). The third-order valence-corrected chi connectivity index (χ3v) is 4.16. The van der Waals surface area contributed by atoms with Crippen molar-refractivity contribution in [3.8, 4) is 0 Å². The molecule has 0 bridgehead atoms. The number of ether oxygens (including phenoxy) is 1. The Morgan fingerprint density at radius 2 is 1.96 bits per heavy atom. The van der Waals surface area contributed by atoms with E-state index in [0.29, 0.717) is 6.07 Å². The minimum Gasteiger partial charge on any atom is -0.369 e. The van der Waals surface area contributed by atoms with E-state index in [1.807, 2.05) is 31.2 Å².